The second kappa shape index (κ2) is 9.15. The van der Waals surface area contributed by atoms with Crippen molar-refractivity contribution in [1.29, 1.82) is 0 Å². The summed E-state index contributed by atoms with van der Waals surface area (Å²) < 4.78 is 16.1. The summed E-state index contributed by atoms with van der Waals surface area (Å²) in [4.78, 5) is 18.6. The number of carbonyl (C=O) groups is 1. The molecule has 1 amide bonds. The van der Waals surface area contributed by atoms with Crippen molar-refractivity contribution in [1.82, 2.24) is 10.3 Å². The average molecular weight is 439 g/mol. The first kappa shape index (κ1) is 20.8. The van der Waals surface area contributed by atoms with Crippen molar-refractivity contribution in [2.45, 2.75) is 12.1 Å². The molecule has 3 heterocycles. The van der Waals surface area contributed by atoms with E-state index in [1.54, 1.807) is 25.6 Å². The van der Waals surface area contributed by atoms with E-state index in [1.165, 1.54) is 7.11 Å². The molecule has 31 heavy (non-hydrogen) atoms. The van der Waals surface area contributed by atoms with Crippen LogP contribution in [0.25, 0.3) is 0 Å². The van der Waals surface area contributed by atoms with E-state index in [2.05, 4.69) is 15.6 Å². The number of furan rings is 1. The number of nitrogens with one attached hydrogen (secondary N) is 2. The number of methoxy groups -OCH3 is 2. The Morgan fingerprint density at radius 3 is 2.81 bits per heavy atom. The zero-order valence-corrected chi connectivity index (χ0v) is 17.9. The lowest BCUT2D eigenvalue weighted by molar-refractivity contribution is -0.119. The van der Waals surface area contributed by atoms with Gasteiger partial charge in [-0.15, -0.1) is 0 Å². The van der Waals surface area contributed by atoms with Crippen LogP contribution in [0.3, 0.4) is 0 Å². The highest BCUT2D eigenvalue weighted by atomic mass is 32.1. The van der Waals surface area contributed by atoms with Gasteiger partial charge in [-0.05, 0) is 54.7 Å². The van der Waals surface area contributed by atoms with Crippen molar-refractivity contribution in [2.24, 2.45) is 0 Å². The van der Waals surface area contributed by atoms with E-state index in [1.807, 2.05) is 47.4 Å². The molecule has 9 heteroatoms. The molecule has 1 aliphatic heterocycles. The fourth-order valence-electron chi connectivity index (χ4n) is 3.64. The Labute approximate surface area is 185 Å². The molecular weight excluding hydrogens is 416 g/mol. The Morgan fingerprint density at radius 1 is 1.26 bits per heavy atom. The fourth-order valence-corrected chi connectivity index (χ4v) is 3.99. The third-order valence-electron chi connectivity index (χ3n) is 4.94. The number of rotatable bonds is 7. The number of ether oxygens (including phenoxy) is 2. The molecule has 0 spiro atoms. The highest BCUT2D eigenvalue weighted by molar-refractivity contribution is 7.80. The van der Waals surface area contributed by atoms with Gasteiger partial charge in [0.25, 0.3) is 0 Å². The zero-order chi connectivity index (χ0) is 21.8. The van der Waals surface area contributed by atoms with E-state index in [9.17, 15) is 4.79 Å². The van der Waals surface area contributed by atoms with Crippen LogP contribution in [0.1, 0.15) is 23.5 Å². The van der Waals surface area contributed by atoms with Gasteiger partial charge in [-0.1, -0.05) is 6.07 Å². The summed E-state index contributed by atoms with van der Waals surface area (Å²) in [6, 6.07) is 14.5. The van der Waals surface area contributed by atoms with Gasteiger partial charge in [0.05, 0.1) is 30.8 Å². The van der Waals surface area contributed by atoms with E-state index < -0.39 is 0 Å². The van der Waals surface area contributed by atoms with E-state index in [-0.39, 0.29) is 24.6 Å². The number of aromatic nitrogens is 1. The third kappa shape index (κ3) is 4.23. The molecule has 1 saturated heterocycles. The second-order valence-corrected chi connectivity index (χ2v) is 7.26. The Morgan fingerprint density at radius 2 is 2.13 bits per heavy atom. The molecule has 4 rings (SSSR count). The number of hydrogen-bond acceptors (Lipinski definition) is 6. The summed E-state index contributed by atoms with van der Waals surface area (Å²) in [5.74, 6) is 0.986. The lowest BCUT2D eigenvalue weighted by Gasteiger charge is -2.26. The average Bonchev–Trinajstić information content (AvgIpc) is 3.42. The van der Waals surface area contributed by atoms with Gasteiger partial charge in [0, 0.05) is 19.0 Å². The number of thiocarbonyl (C=S) groups is 1. The quantitative estimate of drug-likeness (QED) is 0.543. The largest absolute Gasteiger partial charge is 0.495 e. The number of nitrogens with zero attached hydrogens (tertiary/aromatic N) is 2. The SMILES string of the molecule is COCC(=O)Nc1cc(N2C(=S)NC(c3ccccn3)C2c2ccco2)ccc1OC. The van der Waals surface area contributed by atoms with E-state index in [0.29, 0.717) is 16.5 Å². The number of benzene rings is 1. The molecule has 160 valence electrons. The number of anilines is 2. The van der Waals surface area contributed by atoms with Gasteiger partial charge in [0.1, 0.15) is 24.2 Å². The van der Waals surface area contributed by atoms with Crippen LogP contribution in [-0.2, 0) is 9.53 Å². The molecule has 2 aromatic heterocycles. The summed E-state index contributed by atoms with van der Waals surface area (Å²) >= 11 is 5.69. The summed E-state index contributed by atoms with van der Waals surface area (Å²) in [6.45, 7) is -0.0617. The van der Waals surface area contributed by atoms with Crippen molar-refractivity contribution in [3.63, 3.8) is 0 Å². The van der Waals surface area contributed by atoms with E-state index in [0.717, 1.165) is 17.1 Å². The standard InChI is InChI=1S/C22H22N4O4S/c1-28-13-19(27)24-16-12-14(8-9-17(16)29-2)26-21(18-7-5-11-30-18)20(25-22(26)31)15-6-3-4-10-23-15/h3-12,20-21H,13H2,1-2H3,(H,24,27)(H,25,31). The van der Waals surface area contributed by atoms with E-state index in [4.69, 9.17) is 26.1 Å². The first-order valence-corrected chi connectivity index (χ1v) is 10.0. The summed E-state index contributed by atoms with van der Waals surface area (Å²) in [5.41, 5.74) is 2.13. The number of hydrogen-bond donors (Lipinski definition) is 2. The van der Waals surface area contributed by atoms with Crippen LogP contribution in [0.5, 0.6) is 5.75 Å². The number of amides is 1. The lowest BCUT2D eigenvalue weighted by atomic mass is 10.0. The minimum atomic E-state index is -0.283. The zero-order valence-electron chi connectivity index (χ0n) is 17.1. The number of pyridine rings is 1. The Kier molecular flexibility index (Phi) is 6.15. The molecular formula is C22H22N4O4S. The smallest absolute Gasteiger partial charge is 0.250 e. The predicted octanol–water partition coefficient (Wildman–Crippen LogP) is 3.45. The monoisotopic (exact) mass is 438 g/mol. The van der Waals surface area contributed by atoms with Crippen molar-refractivity contribution in [3.05, 3.63) is 72.4 Å². The van der Waals surface area contributed by atoms with Crippen LogP contribution < -0.4 is 20.3 Å². The minimum absolute atomic E-state index is 0.0617. The van der Waals surface area contributed by atoms with Crippen LogP contribution in [-0.4, -0.2) is 36.8 Å². The van der Waals surface area contributed by atoms with Gasteiger partial charge in [0.15, 0.2) is 5.11 Å². The fraction of sp³-hybridized carbons (Fsp3) is 0.227. The Bertz CT molecular complexity index is 1060. The van der Waals surface area contributed by atoms with Gasteiger partial charge < -0.3 is 29.4 Å². The van der Waals surface area contributed by atoms with Crippen LogP contribution in [0, 0.1) is 0 Å². The number of carbonyl (C=O) groups excluding carboxylic acids is 1. The molecule has 2 unspecified atom stereocenters. The van der Waals surface area contributed by atoms with Crippen molar-refractivity contribution >= 4 is 34.6 Å². The van der Waals surface area contributed by atoms with Crippen LogP contribution >= 0.6 is 12.2 Å². The maximum absolute atomic E-state index is 12.1. The maximum Gasteiger partial charge on any atom is 0.250 e. The Balaban J connectivity index is 1.75. The molecule has 2 atom stereocenters. The minimum Gasteiger partial charge on any atom is -0.495 e. The predicted molar refractivity (Wildman–Crippen MR) is 120 cm³/mol. The topological polar surface area (TPSA) is 88.9 Å². The molecule has 0 saturated carbocycles. The molecule has 0 aliphatic carbocycles. The van der Waals surface area contributed by atoms with Gasteiger partial charge >= 0.3 is 0 Å². The van der Waals surface area contributed by atoms with Crippen molar-refractivity contribution < 1.29 is 18.7 Å². The summed E-state index contributed by atoms with van der Waals surface area (Å²) in [7, 11) is 3.01. The first-order chi connectivity index (χ1) is 15.1. The third-order valence-corrected chi connectivity index (χ3v) is 5.26. The highest BCUT2D eigenvalue weighted by Gasteiger charge is 2.42. The molecule has 8 nitrogen and oxygen atoms in total. The van der Waals surface area contributed by atoms with Crippen molar-refractivity contribution in [2.75, 3.05) is 31.0 Å². The first-order valence-electron chi connectivity index (χ1n) is 9.63. The second-order valence-electron chi connectivity index (χ2n) is 6.88. The highest BCUT2D eigenvalue weighted by Crippen LogP contribution is 2.43. The van der Waals surface area contributed by atoms with Crippen LogP contribution in [0.15, 0.2) is 65.4 Å². The Hall–Kier alpha value is -3.43. The van der Waals surface area contributed by atoms with Crippen LogP contribution in [0.2, 0.25) is 0 Å². The van der Waals surface area contributed by atoms with Gasteiger partial charge in [-0.3, -0.25) is 9.78 Å². The van der Waals surface area contributed by atoms with Crippen molar-refractivity contribution in [3.8, 4) is 5.75 Å². The van der Waals surface area contributed by atoms with E-state index >= 15 is 0 Å². The lowest BCUT2D eigenvalue weighted by Crippen LogP contribution is -2.29. The maximum atomic E-state index is 12.1. The van der Waals surface area contributed by atoms with Gasteiger partial charge in [-0.2, -0.15) is 0 Å². The normalized spacial score (nSPS) is 18.0. The van der Waals surface area contributed by atoms with Gasteiger partial charge in [-0.25, -0.2) is 0 Å². The van der Waals surface area contributed by atoms with Crippen LogP contribution in [0.4, 0.5) is 11.4 Å². The molecule has 1 fully saturated rings. The molecule has 1 aliphatic rings. The summed E-state index contributed by atoms with van der Waals surface area (Å²) in [6.07, 6.45) is 3.38. The molecule has 0 bridgehead atoms. The summed E-state index contributed by atoms with van der Waals surface area (Å²) in [5, 5.41) is 6.71. The molecule has 2 N–H and O–H groups in total. The van der Waals surface area contributed by atoms with Gasteiger partial charge in [0.2, 0.25) is 5.91 Å². The molecule has 1 aromatic carbocycles. The molecule has 3 aromatic rings. The molecule has 0 radical (unpaired) electrons.